The number of hydrogen-bond acceptors (Lipinski definition) is 4. The molecule has 32 heavy (non-hydrogen) atoms. The first kappa shape index (κ1) is 20.3. The summed E-state index contributed by atoms with van der Waals surface area (Å²) in [6.45, 7) is 0.187. The molecule has 0 aliphatic carbocycles. The molecule has 5 rings (SSSR count). The normalized spacial score (nSPS) is 11.4. The third-order valence-electron chi connectivity index (χ3n) is 5.53. The Morgan fingerprint density at radius 2 is 1.97 bits per heavy atom. The predicted molar refractivity (Wildman–Crippen MR) is 122 cm³/mol. The van der Waals surface area contributed by atoms with E-state index in [9.17, 15) is 0 Å². The zero-order chi connectivity index (χ0) is 22.2. The first-order valence-electron chi connectivity index (χ1n) is 10.0. The molecule has 0 aliphatic rings. The molecule has 0 fully saturated rings. The number of nitrogens with zero attached hydrogens (tertiary/aromatic N) is 3. The van der Waals surface area contributed by atoms with E-state index in [1.165, 1.54) is 13.2 Å². The van der Waals surface area contributed by atoms with Crippen molar-refractivity contribution in [3.8, 4) is 11.5 Å². The summed E-state index contributed by atoms with van der Waals surface area (Å²) in [6.07, 6.45) is 3.75. The Bertz CT molecular complexity index is 1440. The average molecular weight is 451 g/mol. The highest BCUT2D eigenvalue weighted by Crippen LogP contribution is 2.33. The van der Waals surface area contributed by atoms with Crippen LogP contribution in [0.4, 0.5) is 4.39 Å². The van der Waals surface area contributed by atoms with Crippen LogP contribution in [0.3, 0.4) is 0 Å². The van der Waals surface area contributed by atoms with Gasteiger partial charge in [0.05, 0.1) is 23.2 Å². The third kappa shape index (κ3) is 3.65. The van der Waals surface area contributed by atoms with Crippen molar-refractivity contribution < 1.29 is 13.9 Å². The lowest BCUT2D eigenvalue weighted by Crippen LogP contribution is -2.05. The lowest BCUT2D eigenvalue weighted by Gasteiger charge is -2.13. The van der Waals surface area contributed by atoms with Gasteiger partial charge in [-0.1, -0.05) is 23.7 Å². The van der Waals surface area contributed by atoms with Crippen molar-refractivity contribution in [1.82, 2.24) is 19.5 Å². The maximum Gasteiger partial charge on any atom is 0.164 e. The van der Waals surface area contributed by atoms with Gasteiger partial charge < -0.3 is 19.0 Å². The van der Waals surface area contributed by atoms with Gasteiger partial charge in [-0.25, -0.2) is 14.4 Å². The van der Waals surface area contributed by atoms with Crippen LogP contribution in [-0.4, -0.2) is 26.6 Å². The molecule has 0 unspecified atom stereocenters. The summed E-state index contributed by atoms with van der Waals surface area (Å²) in [5.74, 6) is 1.14. The van der Waals surface area contributed by atoms with Crippen molar-refractivity contribution in [3.05, 3.63) is 82.6 Å². The number of methoxy groups -OCH3 is 1. The predicted octanol–water partition coefficient (Wildman–Crippen LogP) is 5.42. The summed E-state index contributed by atoms with van der Waals surface area (Å²) < 4.78 is 28.3. The van der Waals surface area contributed by atoms with E-state index < -0.39 is 0 Å². The Kier molecular flexibility index (Phi) is 5.19. The Hall–Kier alpha value is -3.58. The maximum absolute atomic E-state index is 15.0. The SMILES string of the molecule is COc1cc(Cc2c[nH]c3ncc(Cl)cc23)c(F)cc1OCc1nc2ccccc2n1C. The standard InChI is InChI=1S/C24H20ClFN4O2/c1-30-20-6-4-3-5-19(20)29-23(30)13-32-22-10-18(26)14(8-21(22)31-2)7-15-11-27-24-17(15)9-16(25)12-28-24/h3-6,8-12H,7,13H2,1-2H3,(H,27,28). The van der Waals surface area contributed by atoms with Crippen molar-refractivity contribution >= 4 is 33.7 Å². The number of halogens is 2. The van der Waals surface area contributed by atoms with Gasteiger partial charge in [-0.15, -0.1) is 0 Å². The van der Waals surface area contributed by atoms with Crippen molar-refractivity contribution in [2.75, 3.05) is 7.11 Å². The number of fused-ring (bicyclic) bond motifs is 2. The van der Waals surface area contributed by atoms with Crippen molar-refractivity contribution in [2.24, 2.45) is 7.05 Å². The number of H-pyrrole nitrogens is 1. The first-order chi connectivity index (χ1) is 15.5. The minimum atomic E-state index is -0.380. The van der Waals surface area contributed by atoms with E-state index in [2.05, 4.69) is 15.0 Å². The van der Waals surface area contributed by atoms with Crippen LogP contribution in [0.2, 0.25) is 5.02 Å². The molecule has 6 nitrogen and oxygen atoms in total. The third-order valence-corrected chi connectivity index (χ3v) is 5.74. The molecule has 2 aromatic carbocycles. The summed E-state index contributed by atoms with van der Waals surface area (Å²) >= 11 is 6.08. The zero-order valence-corrected chi connectivity index (χ0v) is 18.3. The molecule has 0 spiro atoms. The van der Waals surface area contributed by atoms with Crippen molar-refractivity contribution in [2.45, 2.75) is 13.0 Å². The summed E-state index contributed by atoms with van der Waals surface area (Å²) in [4.78, 5) is 11.9. The van der Waals surface area contributed by atoms with Gasteiger partial charge in [-0.05, 0) is 35.4 Å². The van der Waals surface area contributed by atoms with Gasteiger partial charge in [-0.2, -0.15) is 0 Å². The van der Waals surface area contributed by atoms with Crippen LogP contribution in [0.1, 0.15) is 17.0 Å². The van der Waals surface area contributed by atoms with Gasteiger partial charge in [0.2, 0.25) is 0 Å². The molecule has 8 heteroatoms. The second kappa shape index (κ2) is 8.16. The van der Waals surface area contributed by atoms with Crippen molar-refractivity contribution in [1.29, 1.82) is 0 Å². The number of benzene rings is 2. The molecule has 3 aromatic heterocycles. The van der Waals surface area contributed by atoms with E-state index in [1.807, 2.05) is 48.1 Å². The van der Waals surface area contributed by atoms with E-state index >= 15 is 4.39 Å². The van der Waals surface area contributed by atoms with Gasteiger partial charge >= 0.3 is 0 Å². The number of aromatic amines is 1. The number of imidazole rings is 1. The summed E-state index contributed by atoms with van der Waals surface area (Å²) in [5.41, 5.74) is 3.98. The number of pyridine rings is 1. The number of ether oxygens (including phenoxy) is 2. The second-order valence-electron chi connectivity index (χ2n) is 7.50. The Labute approximate surface area is 188 Å². The first-order valence-corrected chi connectivity index (χ1v) is 10.4. The van der Waals surface area contributed by atoms with Crippen LogP contribution in [0.5, 0.6) is 11.5 Å². The molecule has 5 aromatic rings. The summed E-state index contributed by atoms with van der Waals surface area (Å²) in [6, 6.07) is 12.7. The largest absolute Gasteiger partial charge is 0.493 e. The molecule has 0 atom stereocenters. The molecule has 3 heterocycles. The van der Waals surface area contributed by atoms with Gasteiger partial charge in [0.15, 0.2) is 11.5 Å². The Balaban J connectivity index is 1.41. The molecule has 162 valence electrons. The fourth-order valence-corrected chi connectivity index (χ4v) is 3.99. The molecule has 1 N–H and O–H groups in total. The summed E-state index contributed by atoms with van der Waals surface area (Å²) in [5, 5.41) is 1.39. The van der Waals surface area contributed by atoms with Gasteiger partial charge in [0.25, 0.3) is 0 Å². The minimum absolute atomic E-state index is 0.187. The number of nitrogens with one attached hydrogen (secondary N) is 1. The average Bonchev–Trinajstić information content (AvgIpc) is 3.34. The molecule has 0 saturated heterocycles. The molecule has 0 saturated carbocycles. The number of aromatic nitrogens is 4. The van der Waals surface area contributed by atoms with Crippen LogP contribution >= 0.6 is 11.6 Å². The van der Waals surface area contributed by atoms with Crippen molar-refractivity contribution in [3.63, 3.8) is 0 Å². The summed E-state index contributed by atoms with van der Waals surface area (Å²) in [7, 11) is 3.46. The van der Waals surface area contributed by atoms with Gasteiger partial charge in [0, 0.05) is 37.3 Å². The molecular formula is C24H20ClFN4O2. The van der Waals surface area contributed by atoms with Gasteiger partial charge in [-0.3, -0.25) is 0 Å². The number of aryl methyl sites for hydroxylation is 1. The van der Waals surface area contributed by atoms with Crippen LogP contribution in [0.15, 0.2) is 54.9 Å². The number of hydrogen-bond donors (Lipinski definition) is 1. The van der Waals surface area contributed by atoms with E-state index in [0.717, 1.165) is 27.8 Å². The lowest BCUT2D eigenvalue weighted by atomic mass is 10.0. The molecular weight excluding hydrogens is 431 g/mol. The van der Waals surface area contributed by atoms with E-state index in [0.29, 0.717) is 34.2 Å². The smallest absolute Gasteiger partial charge is 0.164 e. The van der Waals surface area contributed by atoms with Crippen LogP contribution in [-0.2, 0) is 20.1 Å². The Morgan fingerprint density at radius 1 is 1.12 bits per heavy atom. The van der Waals surface area contributed by atoms with E-state index in [4.69, 9.17) is 21.1 Å². The Morgan fingerprint density at radius 3 is 2.78 bits per heavy atom. The van der Waals surface area contributed by atoms with Crippen LogP contribution < -0.4 is 9.47 Å². The number of rotatable bonds is 6. The number of para-hydroxylation sites is 2. The topological polar surface area (TPSA) is 65.0 Å². The highest BCUT2D eigenvalue weighted by Gasteiger charge is 2.16. The molecule has 0 amide bonds. The highest BCUT2D eigenvalue weighted by molar-refractivity contribution is 6.31. The van der Waals surface area contributed by atoms with Crippen LogP contribution in [0, 0.1) is 5.82 Å². The quantitative estimate of drug-likeness (QED) is 0.375. The monoisotopic (exact) mass is 450 g/mol. The van der Waals surface area contributed by atoms with Crippen LogP contribution in [0.25, 0.3) is 22.1 Å². The molecule has 0 radical (unpaired) electrons. The maximum atomic E-state index is 15.0. The van der Waals surface area contributed by atoms with E-state index in [1.54, 1.807) is 12.3 Å². The fraction of sp³-hybridized carbons (Fsp3) is 0.167. The van der Waals surface area contributed by atoms with Gasteiger partial charge in [0.1, 0.15) is 23.9 Å². The van der Waals surface area contributed by atoms with E-state index in [-0.39, 0.29) is 12.4 Å². The fourth-order valence-electron chi connectivity index (χ4n) is 3.84. The second-order valence-corrected chi connectivity index (χ2v) is 7.94. The lowest BCUT2D eigenvalue weighted by molar-refractivity contribution is 0.272. The highest BCUT2D eigenvalue weighted by atomic mass is 35.5. The molecule has 0 bridgehead atoms. The minimum Gasteiger partial charge on any atom is -0.493 e. The zero-order valence-electron chi connectivity index (χ0n) is 17.5. The molecule has 0 aliphatic heterocycles.